The highest BCUT2D eigenvalue weighted by molar-refractivity contribution is 5.95. The molecule has 1 saturated heterocycles. The van der Waals surface area contributed by atoms with E-state index in [1.54, 1.807) is 42.4 Å². The monoisotopic (exact) mass is 384 g/mol. The molecule has 0 radical (unpaired) electrons. The van der Waals surface area contributed by atoms with E-state index in [4.69, 9.17) is 9.47 Å². The molecule has 3 rings (SSSR count). The lowest BCUT2D eigenvalue weighted by Crippen LogP contribution is -2.34. The lowest BCUT2D eigenvalue weighted by atomic mass is 9.90. The topological polar surface area (TPSA) is 89.0 Å². The van der Waals surface area contributed by atoms with Gasteiger partial charge in [-0.1, -0.05) is 6.07 Å². The van der Waals surface area contributed by atoms with E-state index in [9.17, 15) is 14.7 Å². The van der Waals surface area contributed by atoms with Crippen molar-refractivity contribution in [3.05, 3.63) is 53.9 Å². The van der Waals surface area contributed by atoms with Gasteiger partial charge in [-0.2, -0.15) is 0 Å². The molecule has 148 valence electrons. The molecule has 1 atom stereocenters. The smallest absolute Gasteiger partial charge is 0.311 e. The van der Waals surface area contributed by atoms with Crippen molar-refractivity contribution < 1.29 is 24.2 Å². The molecule has 7 nitrogen and oxygen atoms in total. The Balaban J connectivity index is 1.75. The zero-order chi connectivity index (χ0) is 20.1. The van der Waals surface area contributed by atoms with Crippen LogP contribution in [0.2, 0.25) is 0 Å². The van der Waals surface area contributed by atoms with Gasteiger partial charge in [-0.05, 0) is 44.5 Å². The third-order valence-electron chi connectivity index (χ3n) is 4.88. The lowest BCUT2D eigenvalue weighted by Gasteiger charge is -2.21. The Morgan fingerprint density at radius 2 is 2.07 bits per heavy atom. The molecule has 0 saturated carbocycles. The van der Waals surface area contributed by atoms with Crippen LogP contribution in [0.25, 0.3) is 0 Å². The summed E-state index contributed by atoms with van der Waals surface area (Å²) in [5.74, 6) is -0.0572. The van der Waals surface area contributed by atoms with Gasteiger partial charge < -0.3 is 19.5 Å². The number of hydrogen-bond acceptors (Lipinski definition) is 5. The number of pyridine rings is 1. The largest absolute Gasteiger partial charge is 0.490 e. The van der Waals surface area contributed by atoms with Gasteiger partial charge in [0.2, 0.25) is 0 Å². The summed E-state index contributed by atoms with van der Waals surface area (Å²) in [5, 5.41) is 9.37. The molecule has 7 heteroatoms. The number of ether oxygens (including phenoxy) is 2. The molecule has 0 aliphatic carbocycles. The van der Waals surface area contributed by atoms with E-state index in [0.717, 1.165) is 5.56 Å². The van der Waals surface area contributed by atoms with Crippen LogP contribution < -0.4 is 9.47 Å². The number of hydrogen-bond donors (Lipinski definition) is 1. The highest BCUT2D eigenvalue weighted by Gasteiger charge is 2.42. The normalized spacial score (nSPS) is 18.7. The number of nitrogens with zero attached hydrogens (tertiary/aromatic N) is 2. The van der Waals surface area contributed by atoms with E-state index in [2.05, 4.69) is 4.98 Å². The van der Waals surface area contributed by atoms with Crippen molar-refractivity contribution in [3.8, 4) is 11.5 Å². The average molecular weight is 384 g/mol. The number of amides is 1. The van der Waals surface area contributed by atoms with Crippen LogP contribution in [0.1, 0.15) is 36.2 Å². The fourth-order valence-corrected chi connectivity index (χ4v) is 3.16. The van der Waals surface area contributed by atoms with Gasteiger partial charge in [-0.15, -0.1) is 0 Å². The fourth-order valence-electron chi connectivity index (χ4n) is 3.16. The van der Waals surface area contributed by atoms with Crippen LogP contribution in [0, 0.1) is 5.41 Å². The van der Waals surface area contributed by atoms with Gasteiger partial charge in [0.1, 0.15) is 6.61 Å². The van der Waals surface area contributed by atoms with E-state index >= 15 is 0 Å². The zero-order valence-electron chi connectivity index (χ0n) is 16.1. The third kappa shape index (κ3) is 4.24. The van der Waals surface area contributed by atoms with Crippen LogP contribution >= 0.6 is 0 Å². The summed E-state index contributed by atoms with van der Waals surface area (Å²) in [6.07, 6.45) is 3.87. The quantitative estimate of drug-likeness (QED) is 0.789. The summed E-state index contributed by atoms with van der Waals surface area (Å²) in [4.78, 5) is 29.9. The summed E-state index contributed by atoms with van der Waals surface area (Å²) in [7, 11) is 0. The van der Waals surface area contributed by atoms with Crippen LogP contribution in [0.5, 0.6) is 11.5 Å². The molecule has 1 N–H and O–H groups in total. The first-order valence-electron chi connectivity index (χ1n) is 9.24. The number of aromatic nitrogens is 1. The van der Waals surface area contributed by atoms with E-state index in [1.165, 1.54) is 0 Å². The Morgan fingerprint density at radius 3 is 2.71 bits per heavy atom. The molecule has 1 aromatic carbocycles. The standard InChI is InChI=1S/C21H24N2O5/c1-3-27-18-11-16(19(24)23-10-8-21(2,14-23)20(25)26)6-7-17(18)28-13-15-5-4-9-22-12-15/h4-7,9,11-12H,3,8,10,13-14H2,1-2H3,(H,25,26). The first kappa shape index (κ1) is 19.7. The molecule has 1 unspecified atom stereocenters. The third-order valence-corrected chi connectivity index (χ3v) is 4.88. The highest BCUT2D eigenvalue weighted by Crippen LogP contribution is 2.33. The van der Waals surface area contributed by atoms with Gasteiger partial charge >= 0.3 is 5.97 Å². The van der Waals surface area contributed by atoms with Crippen molar-refractivity contribution in [2.75, 3.05) is 19.7 Å². The molecule has 1 aliphatic rings. The zero-order valence-corrected chi connectivity index (χ0v) is 16.1. The summed E-state index contributed by atoms with van der Waals surface area (Å²) in [6, 6.07) is 8.80. The van der Waals surface area contributed by atoms with Crippen molar-refractivity contribution in [2.45, 2.75) is 26.9 Å². The minimum absolute atomic E-state index is 0.199. The minimum Gasteiger partial charge on any atom is -0.490 e. The Bertz CT molecular complexity index is 855. The summed E-state index contributed by atoms with van der Waals surface area (Å²) < 4.78 is 11.5. The fraction of sp³-hybridized carbons (Fsp3) is 0.381. The van der Waals surface area contributed by atoms with Gasteiger partial charge in [0, 0.05) is 36.6 Å². The van der Waals surface area contributed by atoms with E-state index in [1.807, 2.05) is 19.1 Å². The van der Waals surface area contributed by atoms with Crippen molar-refractivity contribution in [3.63, 3.8) is 0 Å². The number of carboxylic acids is 1. The van der Waals surface area contributed by atoms with E-state index in [0.29, 0.717) is 43.2 Å². The molecule has 1 aliphatic heterocycles. The number of benzene rings is 1. The maximum Gasteiger partial charge on any atom is 0.311 e. The molecule has 0 bridgehead atoms. The molecule has 0 spiro atoms. The average Bonchev–Trinajstić information content (AvgIpc) is 3.11. The maximum absolute atomic E-state index is 12.8. The second-order valence-electron chi connectivity index (χ2n) is 7.09. The molecule has 1 aromatic heterocycles. The summed E-state index contributed by atoms with van der Waals surface area (Å²) in [5.41, 5.74) is 0.479. The lowest BCUT2D eigenvalue weighted by molar-refractivity contribution is -0.147. The van der Waals surface area contributed by atoms with Gasteiger partial charge in [0.05, 0.1) is 12.0 Å². The minimum atomic E-state index is -0.898. The molecule has 1 fully saturated rings. The van der Waals surface area contributed by atoms with Crippen LogP contribution in [0.3, 0.4) is 0 Å². The van der Waals surface area contributed by atoms with Gasteiger partial charge in [0.25, 0.3) is 5.91 Å². The molecular weight excluding hydrogens is 360 g/mol. The van der Waals surface area contributed by atoms with Crippen molar-refractivity contribution in [1.82, 2.24) is 9.88 Å². The second kappa shape index (κ2) is 8.29. The molecular formula is C21H24N2O5. The van der Waals surface area contributed by atoms with Crippen LogP contribution in [-0.4, -0.2) is 46.6 Å². The predicted octanol–water partition coefficient (Wildman–Crippen LogP) is 3.00. The number of carbonyl (C=O) groups is 2. The number of carboxylic acid groups (broad SMARTS) is 1. The second-order valence-corrected chi connectivity index (χ2v) is 7.09. The molecule has 1 amide bonds. The van der Waals surface area contributed by atoms with Crippen molar-refractivity contribution in [1.29, 1.82) is 0 Å². The summed E-state index contributed by atoms with van der Waals surface area (Å²) in [6.45, 7) is 4.92. The molecule has 28 heavy (non-hydrogen) atoms. The highest BCUT2D eigenvalue weighted by atomic mass is 16.5. The Hall–Kier alpha value is -3.09. The van der Waals surface area contributed by atoms with Crippen LogP contribution in [0.15, 0.2) is 42.7 Å². The Morgan fingerprint density at radius 1 is 1.25 bits per heavy atom. The van der Waals surface area contributed by atoms with Gasteiger partial charge in [-0.25, -0.2) is 0 Å². The first-order valence-corrected chi connectivity index (χ1v) is 9.24. The number of likely N-dealkylation sites (tertiary alicyclic amines) is 1. The van der Waals surface area contributed by atoms with Crippen LogP contribution in [0.4, 0.5) is 0 Å². The van der Waals surface area contributed by atoms with E-state index in [-0.39, 0.29) is 12.5 Å². The number of rotatable bonds is 7. The number of carbonyl (C=O) groups excluding carboxylic acids is 1. The summed E-state index contributed by atoms with van der Waals surface area (Å²) >= 11 is 0. The SMILES string of the molecule is CCOc1cc(C(=O)N2CCC(C)(C(=O)O)C2)ccc1OCc1cccnc1. The Labute approximate surface area is 163 Å². The van der Waals surface area contributed by atoms with Gasteiger partial charge in [-0.3, -0.25) is 14.6 Å². The van der Waals surface area contributed by atoms with Gasteiger partial charge in [0.15, 0.2) is 11.5 Å². The van der Waals surface area contributed by atoms with Crippen molar-refractivity contribution in [2.24, 2.45) is 5.41 Å². The number of aliphatic carboxylic acids is 1. The Kier molecular flexibility index (Phi) is 5.82. The maximum atomic E-state index is 12.8. The van der Waals surface area contributed by atoms with Crippen LogP contribution in [-0.2, 0) is 11.4 Å². The molecule has 2 heterocycles. The van der Waals surface area contributed by atoms with Crippen molar-refractivity contribution >= 4 is 11.9 Å². The predicted molar refractivity (Wildman–Crippen MR) is 102 cm³/mol. The molecule has 2 aromatic rings. The van der Waals surface area contributed by atoms with E-state index < -0.39 is 11.4 Å². The first-order chi connectivity index (χ1) is 13.4.